The van der Waals surface area contributed by atoms with Crippen LogP contribution in [0.15, 0.2) is 24.3 Å². The minimum atomic E-state index is -0.990. The van der Waals surface area contributed by atoms with Crippen LogP contribution in [-0.2, 0) is 9.59 Å². The van der Waals surface area contributed by atoms with Crippen molar-refractivity contribution in [3.63, 3.8) is 0 Å². The predicted octanol–water partition coefficient (Wildman–Crippen LogP) is 1.45. The van der Waals surface area contributed by atoms with Crippen LogP contribution in [0.5, 0.6) is 5.75 Å². The second-order valence-electron chi connectivity index (χ2n) is 4.75. The van der Waals surface area contributed by atoms with Crippen molar-refractivity contribution in [2.45, 2.75) is 25.8 Å². The summed E-state index contributed by atoms with van der Waals surface area (Å²) < 4.78 is 5.38. The molecule has 1 aromatic rings. The Morgan fingerprint density at radius 2 is 1.95 bits per heavy atom. The number of aliphatic carboxylic acids is 1. The number of aryl methyl sites for hydroxylation is 1. The van der Waals surface area contributed by atoms with E-state index in [-0.39, 0.29) is 25.1 Å². The number of carboxylic acids is 1. The van der Waals surface area contributed by atoms with Crippen LogP contribution < -0.4 is 4.74 Å². The highest BCUT2D eigenvalue weighted by atomic mass is 16.5. The Kier molecular flexibility index (Phi) is 4.04. The SMILES string of the molecule is Cc1ccc(OCC(=O)N(CC(=O)O)C2CC2)cc1. The molecule has 102 valence electrons. The van der Waals surface area contributed by atoms with E-state index >= 15 is 0 Å². The molecule has 1 aromatic carbocycles. The van der Waals surface area contributed by atoms with Gasteiger partial charge in [0.1, 0.15) is 12.3 Å². The van der Waals surface area contributed by atoms with Gasteiger partial charge in [0.05, 0.1) is 0 Å². The fraction of sp³-hybridized carbons (Fsp3) is 0.429. The minimum absolute atomic E-state index is 0.0743. The monoisotopic (exact) mass is 263 g/mol. The molecule has 19 heavy (non-hydrogen) atoms. The van der Waals surface area contributed by atoms with Crippen molar-refractivity contribution in [3.8, 4) is 5.75 Å². The minimum Gasteiger partial charge on any atom is -0.484 e. The van der Waals surface area contributed by atoms with Gasteiger partial charge in [-0.3, -0.25) is 9.59 Å². The highest BCUT2D eigenvalue weighted by Crippen LogP contribution is 2.26. The van der Waals surface area contributed by atoms with Crippen LogP contribution in [0.2, 0.25) is 0 Å². The van der Waals surface area contributed by atoms with Crippen molar-refractivity contribution in [2.24, 2.45) is 0 Å². The fourth-order valence-corrected chi connectivity index (χ4v) is 1.82. The molecule has 5 heteroatoms. The highest BCUT2D eigenvalue weighted by Gasteiger charge is 2.33. The van der Waals surface area contributed by atoms with Crippen LogP contribution in [0.1, 0.15) is 18.4 Å². The second-order valence-corrected chi connectivity index (χ2v) is 4.75. The van der Waals surface area contributed by atoms with Crippen molar-refractivity contribution in [2.75, 3.05) is 13.2 Å². The molecule has 1 amide bonds. The largest absolute Gasteiger partial charge is 0.484 e. The van der Waals surface area contributed by atoms with E-state index in [4.69, 9.17) is 9.84 Å². The summed E-state index contributed by atoms with van der Waals surface area (Å²) in [6.07, 6.45) is 1.76. The molecule has 0 atom stereocenters. The number of rotatable bonds is 6. The topological polar surface area (TPSA) is 66.8 Å². The number of ether oxygens (including phenoxy) is 1. The first kappa shape index (κ1) is 13.4. The summed E-state index contributed by atoms with van der Waals surface area (Å²) >= 11 is 0. The summed E-state index contributed by atoms with van der Waals surface area (Å²) in [7, 11) is 0. The van der Waals surface area contributed by atoms with E-state index in [1.807, 2.05) is 19.1 Å². The van der Waals surface area contributed by atoms with E-state index < -0.39 is 5.97 Å². The lowest BCUT2D eigenvalue weighted by Crippen LogP contribution is -2.40. The molecule has 0 radical (unpaired) electrons. The van der Waals surface area contributed by atoms with Crippen LogP contribution >= 0.6 is 0 Å². The number of nitrogens with zero attached hydrogens (tertiary/aromatic N) is 1. The maximum Gasteiger partial charge on any atom is 0.323 e. The third-order valence-corrected chi connectivity index (χ3v) is 3.00. The van der Waals surface area contributed by atoms with Crippen LogP contribution in [-0.4, -0.2) is 41.1 Å². The van der Waals surface area contributed by atoms with Gasteiger partial charge in [-0.05, 0) is 31.9 Å². The van der Waals surface area contributed by atoms with Gasteiger partial charge in [0.25, 0.3) is 5.91 Å². The van der Waals surface area contributed by atoms with E-state index in [9.17, 15) is 9.59 Å². The Labute approximate surface area is 111 Å². The standard InChI is InChI=1S/C14H17NO4/c1-10-2-6-12(7-3-10)19-9-13(16)15(8-14(17)18)11-4-5-11/h2-3,6-7,11H,4-5,8-9H2,1H3,(H,17,18). The molecule has 0 bridgehead atoms. The van der Waals surface area contributed by atoms with Crippen molar-refractivity contribution in [3.05, 3.63) is 29.8 Å². The maximum absolute atomic E-state index is 11.9. The first-order valence-electron chi connectivity index (χ1n) is 6.27. The Balaban J connectivity index is 1.88. The van der Waals surface area contributed by atoms with Gasteiger partial charge in [0, 0.05) is 6.04 Å². The number of benzene rings is 1. The molecule has 1 N–H and O–H groups in total. The van der Waals surface area contributed by atoms with E-state index in [2.05, 4.69) is 0 Å². The summed E-state index contributed by atoms with van der Waals surface area (Å²) in [5, 5.41) is 8.79. The summed E-state index contributed by atoms with van der Waals surface area (Å²) in [5.41, 5.74) is 1.11. The third kappa shape index (κ3) is 3.98. The van der Waals surface area contributed by atoms with E-state index in [1.54, 1.807) is 12.1 Å². The first-order valence-corrected chi connectivity index (χ1v) is 6.27. The van der Waals surface area contributed by atoms with Gasteiger partial charge in [-0.2, -0.15) is 0 Å². The lowest BCUT2D eigenvalue weighted by molar-refractivity contribution is -0.145. The van der Waals surface area contributed by atoms with Gasteiger partial charge < -0.3 is 14.7 Å². The quantitative estimate of drug-likeness (QED) is 0.843. The molecule has 1 aliphatic carbocycles. The smallest absolute Gasteiger partial charge is 0.323 e. The van der Waals surface area contributed by atoms with Gasteiger partial charge in [0.2, 0.25) is 0 Å². The number of hydrogen-bond donors (Lipinski definition) is 1. The van der Waals surface area contributed by atoms with Gasteiger partial charge >= 0.3 is 5.97 Å². The molecule has 0 aromatic heterocycles. The third-order valence-electron chi connectivity index (χ3n) is 3.00. The number of hydrogen-bond acceptors (Lipinski definition) is 3. The molecule has 5 nitrogen and oxygen atoms in total. The summed E-state index contributed by atoms with van der Waals surface area (Å²) in [4.78, 5) is 24.0. The number of carboxylic acid groups (broad SMARTS) is 1. The molecule has 0 aliphatic heterocycles. The molecular formula is C14H17NO4. The Morgan fingerprint density at radius 1 is 1.32 bits per heavy atom. The molecule has 0 spiro atoms. The number of amides is 1. The molecule has 0 unspecified atom stereocenters. The van der Waals surface area contributed by atoms with Crippen molar-refractivity contribution in [1.82, 2.24) is 4.90 Å². The average molecular weight is 263 g/mol. The Morgan fingerprint density at radius 3 is 2.47 bits per heavy atom. The fourth-order valence-electron chi connectivity index (χ4n) is 1.82. The molecular weight excluding hydrogens is 246 g/mol. The van der Waals surface area contributed by atoms with Gasteiger partial charge in [0.15, 0.2) is 6.61 Å². The van der Waals surface area contributed by atoms with Crippen molar-refractivity contribution < 1.29 is 19.4 Å². The molecule has 1 saturated carbocycles. The van der Waals surface area contributed by atoms with E-state index in [1.165, 1.54) is 4.90 Å². The highest BCUT2D eigenvalue weighted by molar-refractivity contribution is 5.83. The first-order chi connectivity index (χ1) is 9.06. The Bertz CT molecular complexity index is 465. The zero-order chi connectivity index (χ0) is 13.8. The number of carbonyl (C=O) groups is 2. The molecule has 0 heterocycles. The normalized spacial score (nSPS) is 13.9. The Hall–Kier alpha value is -2.04. The molecule has 1 aliphatic rings. The van der Waals surface area contributed by atoms with Crippen LogP contribution in [0.3, 0.4) is 0 Å². The molecule has 0 saturated heterocycles. The van der Waals surface area contributed by atoms with E-state index in [0.717, 1.165) is 18.4 Å². The van der Waals surface area contributed by atoms with Crippen LogP contribution in [0.25, 0.3) is 0 Å². The van der Waals surface area contributed by atoms with Crippen LogP contribution in [0, 0.1) is 6.92 Å². The second kappa shape index (κ2) is 5.73. The maximum atomic E-state index is 11.9. The number of carbonyl (C=O) groups excluding carboxylic acids is 1. The molecule has 1 fully saturated rings. The van der Waals surface area contributed by atoms with E-state index in [0.29, 0.717) is 5.75 Å². The predicted molar refractivity (Wildman–Crippen MR) is 69.0 cm³/mol. The lowest BCUT2D eigenvalue weighted by atomic mass is 10.2. The zero-order valence-electron chi connectivity index (χ0n) is 10.8. The van der Waals surface area contributed by atoms with Gasteiger partial charge in [-0.25, -0.2) is 0 Å². The lowest BCUT2D eigenvalue weighted by Gasteiger charge is -2.20. The average Bonchev–Trinajstić information content (AvgIpc) is 3.19. The summed E-state index contributed by atoms with van der Waals surface area (Å²) in [6.45, 7) is 1.60. The van der Waals surface area contributed by atoms with Gasteiger partial charge in [-0.15, -0.1) is 0 Å². The van der Waals surface area contributed by atoms with Gasteiger partial charge in [-0.1, -0.05) is 17.7 Å². The zero-order valence-corrected chi connectivity index (χ0v) is 10.8. The summed E-state index contributed by atoms with van der Waals surface area (Å²) in [6, 6.07) is 7.46. The molecule has 2 rings (SSSR count). The van der Waals surface area contributed by atoms with Crippen molar-refractivity contribution in [1.29, 1.82) is 0 Å². The van der Waals surface area contributed by atoms with Crippen LogP contribution in [0.4, 0.5) is 0 Å². The van der Waals surface area contributed by atoms with Crippen molar-refractivity contribution >= 4 is 11.9 Å². The summed E-state index contributed by atoms with van der Waals surface area (Å²) in [5.74, 6) is -0.647.